The number of benzene rings is 1. The summed E-state index contributed by atoms with van der Waals surface area (Å²) in [4.78, 5) is 2.40. The number of hydrogen-bond donors (Lipinski definition) is 1. The molecule has 21 heavy (non-hydrogen) atoms. The molecule has 4 heteroatoms. The summed E-state index contributed by atoms with van der Waals surface area (Å²) in [5, 5.41) is 4.45. The van der Waals surface area contributed by atoms with Gasteiger partial charge >= 0.3 is 0 Å². The first-order chi connectivity index (χ1) is 10.1. The third kappa shape index (κ3) is 3.53. The molecule has 0 amide bonds. The van der Waals surface area contributed by atoms with E-state index in [4.69, 9.17) is 16.3 Å². The number of para-hydroxylation sites is 1. The lowest BCUT2D eigenvalue weighted by atomic mass is 9.93. The maximum absolute atomic E-state index is 6.52. The van der Waals surface area contributed by atoms with Gasteiger partial charge in [0.05, 0.1) is 16.3 Å². The van der Waals surface area contributed by atoms with Gasteiger partial charge in [0.2, 0.25) is 0 Å². The number of ether oxygens (including phenoxy) is 1. The van der Waals surface area contributed by atoms with Crippen LogP contribution in [0.3, 0.4) is 0 Å². The largest absolute Gasteiger partial charge is 0.377 e. The zero-order valence-corrected chi connectivity index (χ0v) is 13.7. The zero-order chi connectivity index (χ0) is 14.9. The third-order valence-corrected chi connectivity index (χ3v) is 5.00. The van der Waals surface area contributed by atoms with Gasteiger partial charge in [-0.05, 0) is 44.2 Å². The lowest BCUT2D eigenvalue weighted by Crippen LogP contribution is -2.48. The molecule has 1 aliphatic carbocycles. The second-order valence-electron chi connectivity index (χ2n) is 6.58. The van der Waals surface area contributed by atoms with Crippen LogP contribution in [0, 0.1) is 0 Å². The van der Waals surface area contributed by atoms with Crippen LogP contribution in [0.25, 0.3) is 0 Å². The molecular formula is C17H25ClN2O. The molecule has 1 aliphatic heterocycles. The van der Waals surface area contributed by atoms with Crippen LogP contribution in [0.5, 0.6) is 0 Å². The molecule has 1 heterocycles. The summed E-state index contributed by atoms with van der Waals surface area (Å²) in [5.41, 5.74) is 2.42. The molecule has 1 aromatic carbocycles. The Hall–Kier alpha value is -0.770. The summed E-state index contributed by atoms with van der Waals surface area (Å²) in [6.45, 7) is 5.06. The van der Waals surface area contributed by atoms with Gasteiger partial charge in [-0.15, -0.1) is 0 Å². The smallest absolute Gasteiger partial charge is 0.0825 e. The van der Waals surface area contributed by atoms with Crippen LogP contribution in [0.2, 0.25) is 5.02 Å². The second-order valence-corrected chi connectivity index (χ2v) is 6.99. The van der Waals surface area contributed by atoms with Crippen molar-refractivity contribution in [2.75, 3.05) is 25.1 Å². The zero-order valence-electron chi connectivity index (χ0n) is 13.0. The highest BCUT2D eigenvalue weighted by atomic mass is 35.5. The average Bonchev–Trinajstić information content (AvgIpc) is 3.29. The molecule has 1 aromatic rings. The van der Waals surface area contributed by atoms with E-state index < -0.39 is 0 Å². The number of nitrogens with one attached hydrogen (secondary N) is 1. The summed E-state index contributed by atoms with van der Waals surface area (Å²) >= 11 is 6.52. The van der Waals surface area contributed by atoms with Crippen LogP contribution < -0.4 is 10.2 Å². The molecule has 116 valence electrons. The monoisotopic (exact) mass is 308 g/mol. The van der Waals surface area contributed by atoms with Crippen molar-refractivity contribution in [3.63, 3.8) is 0 Å². The van der Waals surface area contributed by atoms with Gasteiger partial charge in [-0.25, -0.2) is 0 Å². The minimum absolute atomic E-state index is 0.0708. The first-order valence-electron chi connectivity index (χ1n) is 7.92. The maximum Gasteiger partial charge on any atom is 0.0825 e. The van der Waals surface area contributed by atoms with E-state index in [1.807, 2.05) is 13.2 Å². The van der Waals surface area contributed by atoms with Gasteiger partial charge in [0, 0.05) is 32.8 Å². The van der Waals surface area contributed by atoms with Gasteiger partial charge < -0.3 is 15.0 Å². The van der Waals surface area contributed by atoms with Crippen molar-refractivity contribution in [3.05, 3.63) is 28.8 Å². The van der Waals surface area contributed by atoms with E-state index in [2.05, 4.69) is 29.3 Å². The molecule has 1 N–H and O–H groups in total. The van der Waals surface area contributed by atoms with Crippen molar-refractivity contribution < 1.29 is 4.74 Å². The van der Waals surface area contributed by atoms with Crippen molar-refractivity contribution >= 4 is 17.3 Å². The van der Waals surface area contributed by atoms with Crippen LogP contribution in [-0.2, 0) is 11.3 Å². The fraction of sp³-hybridized carbons (Fsp3) is 0.647. The van der Waals surface area contributed by atoms with Crippen molar-refractivity contribution in [1.29, 1.82) is 0 Å². The molecule has 0 bridgehead atoms. The molecule has 0 spiro atoms. The Morgan fingerprint density at radius 1 is 1.43 bits per heavy atom. The second kappa shape index (κ2) is 6.15. The van der Waals surface area contributed by atoms with Crippen molar-refractivity contribution in [3.8, 4) is 0 Å². The van der Waals surface area contributed by atoms with Crippen LogP contribution >= 0.6 is 11.6 Å². The Kier molecular flexibility index (Phi) is 4.43. The van der Waals surface area contributed by atoms with Crippen molar-refractivity contribution in [2.24, 2.45) is 0 Å². The summed E-state index contributed by atoms with van der Waals surface area (Å²) in [5.74, 6) is 0. The van der Waals surface area contributed by atoms with Crippen LogP contribution in [0.15, 0.2) is 18.2 Å². The lowest BCUT2D eigenvalue weighted by molar-refractivity contribution is -0.00468. The molecule has 1 atom stereocenters. The summed E-state index contributed by atoms with van der Waals surface area (Å²) in [6, 6.07) is 6.95. The van der Waals surface area contributed by atoms with Gasteiger partial charge in [-0.3, -0.25) is 0 Å². The minimum Gasteiger partial charge on any atom is -0.377 e. The number of methoxy groups -OCH3 is 1. The Morgan fingerprint density at radius 2 is 2.24 bits per heavy atom. The highest BCUT2D eigenvalue weighted by Gasteiger charge is 2.32. The summed E-state index contributed by atoms with van der Waals surface area (Å²) in [7, 11) is 1.81. The van der Waals surface area contributed by atoms with Gasteiger partial charge in [-0.1, -0.05) is 23.7 Å². The van der Waals surface area contributed by atoms with E-state index in [0.29, 0.717) is 6.04 Å². The quantitative estimate of drug-likeness (QED) is 0.899. The topological polar surface area (TPSA) is 24.5 Å². The molecule has 1 saturated heterocycles. The third-order valence-electron chi connectivity index (χ3n) is 4.70. The standard InChI is InChI=1S/C17H25ClN2O/c1-17(21-2)9-4-10-20(12-17)16-13(5-3-6-15(16)18)11-19-14-7-8-14/h3,5-6,14,19H,4,7-12H2,1-2H3. The lowest BCUT2D eigenvalue weighted by Gasteiger charge is -2.41. The first-order valence-corrected chi connectivity index (χ1v) is 8.30. The van der Waals surface area contributed by atoms with E-state index in [1.165, 1.54) is 24.1 Å². The molecule has 2 fully saturated rings. The van der Waals surface area contributed by atoms with Gasteiger partial charge in [0.1, 0.15) is 0 Å². The number of nitrogens with zero attached hydrogens (tertiary/aromatic N) is 1. The number of piperidine rings is 1. The van der Waals surface area contributed by atoms with E-state index in [1.54, 1.807) is 0 Å². The van der Waals surface area contributed by atoms with Crippen LogP contribution in [-0.4, -0.2) is 31.8 Å². The summed E-state index contributed by atoms with van der Waals surface area (Å²) in [6.07, 6.45) is 4.87. The molecule has 1 saturated carbocycles. The fourth-order valence-corrected chi connectivity index (χ4v) is 3.48. The minimum atomic E-state index is -0.0708. The predicted molar refractivity (Wildman–Crippen MR) is 88.2 cm³/mol. The van der Waals surface area contributed by atoms with Gasteiger partial charge in [0.25, 0.3) is 0 Å². The highest BCUT2D eigenvalue weighted by Crippen LogP contribution is 2.35. The Balaban J connectivity index is 1.81. The van der Waals surface area contributed by atoms with Crippen LogP contribution in [0.4, 0.5) is 5.69 Å². The van der Waals surface area contributed by atoms with Crippen molar-refractivity contribution in [1.82, 2.24) is 5.32 Å². The molecule has 3 rings (SSSR count). The number of anilines is 1. The molecule has 0 aromatic heterocycles. The predicted octanol–water partition coefficient (Wildman–Crippen LogP) is 3.60. The Bertz CT molecular complexity index is 504. The maximum atomic E-state index is 6.52. The van der Waals surface area contributed by atoms with Crippen molar-refractivity contribution in [2.45, 2.75) is 50.8 Å². The Labute approximate surface area is 132 Å². The Morgan fingerprint density at radius 3 is 2.95 bits per heavy atom. The highest BCUT2D eigenvalue weighted by molar-refractivity contribution is 6.33. The van der Waals surface area contributed by atoms with E-state index in [-0.39, 0.29) is 5.60 Å². The first kappa shape index (κ1) is 15.1. The van der Waals surface area contributed by atoms with Gasteiger partial charge in [0.15, 0.2) is 0 Å². The number of rotatable bonds is 5. The molecule has 2 aliphatic rings. The normalized spacial score (nSPS) is 26.1. The average molecular weight is 309 g/mol. The molecular weight excluding hydrogens is 284 g/mol. The van der Waals surface area contributed by atoms with Crippen LogP contribution in [0.1, 0.15) is 38.2 Å². The molecule has 3 nitrogen and oxygen atoms in total. The van der Waals surface area contributed by atoms with E-state index >= 15 is 0 Å². The number of halogens is 1. The SMILES string of the molecule is COC1(C)CCCN(c2c(Cl)cccc2CNC2CC2)C1. The van der Waals surface area contributed by atoms with E-state index in [0.717, 1.165) is 37.5 Å². The fourth-order valence-electron chi connectivity index (χ4n) is 3.16. The summed E-state index contributed by atoms with van der Waals surface area (Å²) < 4.78 is 5.72. The van der Waals surface area contributed by atoms with Gasteiger partial charge in [-0.2, -0.15) is 0 Å². The number of hydrogen-bond acceptors (Lipinski definition) is 3. The molecule has 0 radical (unpaired) electrons. The van der Waals surface area contributed by atoms with E-state index in [9.17, 15) is 0 Å². The molecule has 1 unspecified atom stereocenters.